The minimum absolute atomic E-state index is 0.213. The Morgan fingerprint density at radius 2 is 0.964 bits per heavy atom. The van der Waals surface area contributed by atoms with Gasteiger partial charge in [0.2, 0.25) is 0 Å². The molecular formula is C45H84O10. The van der Waals surface area contributed by atoms with Crippen molar-refractivity contribution in [1.82, 2.24) is 0 Å². The van der Waals surface area contributed by atoms with Crippen LogP contribution in [0, 0.1) is 0 Å². The lowest BCUT2D eigenvalue weighted by Gasteiger charge is -2.39. The maximum absolute atomic E-state index is 12.8. The van der Waals surface area contributed by atoms with Gasteiger partial charge in [0.05, 0.1) is 13.2 Å². The lowest BCUT2D eigenvalue weighted by atomic mass is 9.99. The fourth-order valence-electron chi connectivity index (χ4n) is 7.01. The first kappa shape index (κ1) is 51.5. The second-order valence-corrected chi connectivity index (χ2v) is 15.9. The maximum atomic E-state index is 12.8. The normalized spacial score (nSPS) is 20.6. The number of ether oxygens (including phenoxy) is 4. The molecule has 10 heteroatoms. The first-order valence-electron chi connectivity index (χ1n) is 22.8. The van der Waals surface area contributed by atoms with E-state index in [1.54, 1.807) is 0 Å². The van der Waals surface area contributed by atoms with Crippen LogP contribution in [0.25, 0.3) is 0 Å². The highest BCUT2D eigenvalue weighted by Gasteiger charge is 2.44. The van der Waals surface area contributed by atoms with Crippen molar-refractivity contribution in [3.63, 3.8) is 0 Å². The van der Waals surface area contributed by atoms with Crippen molar-refractivity contribution in [2.24, 2.45) is 0 Å². The van der Waals surface area contributed by atoms with Crippen molar-refractivity contribution >= 4 is 11.9 Å². The summed E-state index contributed by atoms with van der Waals surface area (Å²) in [4.78, 5) is 25.2. The summed E-state index contributed by atoms with van der Waals surface area (Å²) in [6.45, 7) is 3.41. The number of aliphatic hydroxyl groups is 4. The number of carbonyl (C=O) groups excluding carboxylic acids is 2. The molecule has 10 nitrogen and oxygen atoms in total. The van der Waals surface area contributed by atoms with E-state index >= 15 is 0 Å². The summed E-state index contributed by atoms with van der Waals surface area (Å²) in [7, 11) is 0. The molecule has 0 aliphatic carbocycles. The number of hydrogen-bond donors (Lipinski definition) is 4. The van der Waals surface area contributed by atoms with E-state index in [2.05, 4.69) is 26.0 Å². The van der Waals surface area contributed by atoms with Gasteiger partial charge in [-0.25, -0.2) is 0 Å². The third-order valence-electron chi connectivity index (χ3n) is 10.7. The van der Waals surface area contributed by atoms with Crippen LogP contribution in [-0.4, -0.2) is 89.0 Å². The summed E-state index contributed by atoms with van der Waals surface area (Å²) in [6, 6.07) is 0. The van der Waals surface area contributed by atoms with Gasteiger partial charge in [-0.3, -0.25) is 9.59 Å². The molecule has 0 radical (unpaired) electrons. The van der Waals surface area contributed by atoms with Crippen molar-refractivity contribution < 1.29 is 49.0 Å². The number of allylic oxidation sites excluding steroid dienone is 2. The van der Waals surface area contributed by atoms with E-state index < -0.39 is 49.4 Å². The molecule has 0 aromatic rings. The van der Waals surface area contributed by atoms with Crippen molar-refractivity contribution in [3.05, 3.63) is 12.2 Å². The van der Waals surface area contributed by atoms with Crippen LogP contribution < -0.4 is 0 Å². The summed E-state index contributed by atoms with van der Waals surface area (Å²) >= 11 is 0. The van der Waals surface area contributed by atoms with Gasteiger partial charge in [0.1, 0.15) is 31.0 Å². The predicted molar refractivity (Wildman–Crippen MR) is 220 cm³/mol. The molecule has 0 spiro atoms. The summed E-state index contributed by atoms with van der Waals surface area (Å²) < 4.78 is 22.1. The van der Waals surface area contributed by atoms with E-state index in [1.165, 1.54) is 135 Å². The Balaban J connectivity index is 2.25. The third-order valence-corrected chi connectivity index (χ3v) is 10.7. The Morgan fingerprint density at radius 1 is 0.545 bits per heavy atom. The van der Waals surface area contributed by atoms with E-state index in [0.29, 0.717) is 6.42 Å². The summed E-state index contributed by atoms with van der Waals surface area (Å²) in [5, 5.41) is 40.0. The van der Waals surface area contributed by atoms with Gasteiger partial charge in [0.25, 0.3) is 0 Å². The molecule has 55 heavy (non-hydrogen) atoms. The van der Waals surface area contributed by atoms with Gasteiger partial charge in [-0.2, -0.15) is 0 Å². The Kier molecular flexibility index (Phi) is 34.4. The highest BCUT2D eigenvalue weighted by Crippen LogP contribution is 2.23. The molecule has 1 fully saturated rings. The van der Waals surface area contributed by atoms with Crippen LogP contribution in [-0.2, 0) is 28.5 Å². The molecule has 1 aliphatic rings. The number of esters is 2. The monoisotopic (exact) mass is 785 g/mol. The topological polar surface area (TPSA) is 152 Å². The van der Waals surface area contributed by atoms with E-state index in [-0.39, 0.29) is 32.0 Å². The molecule has 1 saturated heterocycles. The quantitative estimate of drug-likeness (QED) is 0.0271. The molecule has 324 valence electrons. The average molecular weight is 785 g/mol. The molecule has 4 N–H and O–H groups in total. The van der Waals surface area contributed by atoms with Crippen molar-refractivity contribution in [2.45, 2.75) is 243 Å². The average Bonchev–Trinajstić information content (AvgIpc) is 3.18. The molecule has 1 heterocycles. The minimum Gasteiger partial charge on any atom is -0.462 e. The van der Waals surface area contributed by atoms with Gasteiger partial charge in [-0.05, 0) is 38.5 Å². The fourth-order valence-corrected chi connectivity index (χ4v) is 7.01. The Labute approximate surface area is 335 Å². The van der Waals surface area contributed by atoms with Gasteiger partial charge >= 0.3 is 11.9 Å². The zero-order valence-electron chi connectivity index (χ0n) is 35.2. The second-order valence-electron chi connectivity index (χ2n) is 15.9. The van der Waals surface area contributed by atoms with E-state index in [1.807, 2.05) is 0 Å². The molecule has 0 bridgehead atoms. The highest BCUT2D eigenvalue weighted by atomic mass is 16.7. The van der Waals surface area contributed by atoms with Gasteiger partial charge in [0.15, 0.2) is 12.4 Å². The maximum Gasteiger partial charge on any atom is 0.306 e. The van der Waals surface area contributed by atoms with Crippen LogP contribution in [0.5, 0.6) is 0 Å². The van der Waals surface area contributed by atoms with E-state index in [9.17, 15) is 30.0 Å². The molecular weight excluding hydrogens is 700 g/mol. The Morgan fingerprint density at radius 3 is 1.42 bits per heavy atom. The van der Waals surface area contributed by atoms with Crippen LogP contribution in [0.3, 0.4) is 0 Å². The summed E-state index contributed by atoms with van der Waals surface area (Å²) in [5.74, 6) is -0.802. The molecule has 2 unspecified atom stereocenters. The lowest BCUT2D eigenvalue weighted by Crippen LogP contribution is -2.59. The largest absolute Gasteiger partial charge is 0.462 e. The summed E-state index contributed by atoms with van der Waals surface area (Å²) in [5.41, 5.74) is 0. The number of aliphatic hydroxyl groups excluding tert-OH is 4. The molecule has 1 rings (SSSR count). The van der Waals surface area contributed by atoms with Crippen molar-refractivity contribution in [3.8, 4) is 0 Å². The second kappa shape index (κ2) is 36.8. The number of unbranched alkanes of at least 4 members (excludes halogenated alkanes) is 25. The standard InChI is InChI=1S/C45H84O10/c1-3-5-7-9-11-13-14-15-16-17-18-19-20-21-22-23-24-26-28-30-32-34-41(48)54-38(37-53-45-44(51)43(50)42(49)39(35-46)55-45)36-52-40(47)33-31-29-27-25-12-10-8-6-4-2/h15-16,38-39,42-46,49-51H,3-14,17-37H2,1-2H3/b16-15+/t38-,39-,42+,43?,44?,45-/m1/s1. The van der Waals surface area contributed by atoms with Gasteiger partial charge in [-0.15, -0.1) is 0 Å². The fraction of sp³-hybridized carbons (Fsp3) is 0.911. The van der Waals surface area contributed by atoms with E-state index in [4.69, 9.17) is 18.9 Å². The molecule has 6 atom stereocenters. The molecule has 0 aromatic carbocycles. The van der Waals surface area contributed by atoms with Gasteiger partial charge < -0.3 is 39.4 Å². The SMILES string of the molecule is CCCCCCCC/C=C/CCCCCCCCCCCCCC(=O)O[C@H](COC(=O)CCCCCCCCCCC)CO[C@@H]1O[C@H](CO)[C@H](O)C(O)C1O. The van der Waals surface area contributed by atoms with Crippen LogP contribution >= 0.6 is 0 Å². The third kappa shape index (κ3) is 28.5. The molecule has 0 amide bonds. The van der Waals surface area contributed by atoms with Gasteiger partial charge in [0, 0.05) is 12.8 Å². The van der Waals surface area contributed by atoms with E-state index in [0.717, 1.165) is 38.5 Å². The highest BCUT2D eigenvalue weighted by molar-refractivity contribution is 5.70. The molecule has 1 aliphatic heterocycles. The molecule has 0 aromatic heterocycles. The first-order chi connectivity index (χ1) is 26.8. The first-order valence-corrected chi connectivity index (χ1v) is 22.8. The van der Waals surface area contributed by atoms with Gasteiger partial charge in [-0.1, -0.05) is 167 Å². The number of carbonyl (C=O) groups is 2. The minimum atomic E-state index is -1.59. The zero-order valence-corrected chi connectivity index (χ0v) is 35.2. The van der Waals surface area contributed by atoms with Crippen LogP contribution in [0.15, 0.2) is 12.2 Å². The smallest absolute Gasteiger partial charge is 0.306 e. The van der Waals surface area contributed by atoms with Crippen LogP contribution in [0.4, 0.5) is 0 Å². The number of rotatable bonds is 38. The predicted octanol–water partition coefficient (Wildman–Crippen LogP) is 9.56. The zero-order chi connectivity index (χ0) is 40.2. The lowest BCUT2D eigenvalue weighted by molar-refractivity contribution is -0.305. The Bertz CT molecular complexity index is 912. The van der Waals surface area contributed by atoms with Crippen LogP contribution in [0.1, 0.15) is 206 Å². The van der Waals surface area contributed by atoms with Crippen LogP contribution in [0.2, 0.25) is 0 Å². The molecule has 0 saturated carbocycles. The Hall–Kier alpha value is -1.56. The van der Waals surface area contributed by atoms with Crippen molar-refractivity contribution in [1.29, 1.82) is 0 Å². The summed E-state index contributed by atoms with van der Waals surface area (Å²) in [6.07, 6.45) is 30.9. The number of hydrogen-bond acceptors (Lipinski definition) is 10. The van der Waals surface area contributed by atoms with Crippen molar-refractivity contribution in [2.75, 3.05) is 19.8 Å².